The van der Waals surface area contributed by atoms with Crippen LogP contribution in [0.4, 0.5) is 5.13 Å². The third kappa shape index (κ3) is 3.76. The summed E-state index contributed by atoms with van der Waals surface area (Å²) in [5, 5.41) is 16.1. The molecule has 0 aliphatic carbocycles. The lowest BCUT2D eigenvalue weighted by atomic mass is 9.88. The van der Waals surface area contributed by atoms with Crippen molar-refractivity contribution in [1.82, 2.24) is 15.5 Å². The fourth-order valence-electron chi connectivity index (χ4n) is 2.11. The van der Waals surface area contributed by atoms with Crippen LogP contribution in [-0.2, 0) is 4.79 Å². The molecule has 1 atom stereocenters. The number of nitrogens with one attached hydrogen (secondary N) is 2. The molecule has 1 saturated heterocycles. The summed E-state index contributed by atoms with van der Waals surface area (Å²) in [5.74, 6) is 0.380. The number of rotatable bonds is 4. The normalized spacial score (nSPS) is 15.5. The largest absolute Gasteiger partial charge is 0.316 e. The van der Waals surface area contributed by atoms with E-state index >= 15 is 0 Å². The second-order valence-electron chi connectivity index (χ2n) is 5.12. The Balaban J connectivity index is 0.00000176. The molecule has 1 amide bonds. The minimum atomic E-state index is -0.0234. The van der Waals surface area contributed by atoms with Gasteiger partial charge in [0.15, 0.2) is 0 Å². The molecular weight excluding hydrogens is 343 g/mol. The molecule has 3 rings (SSSR count). The van der Waals surface area contributed by atoms with Gasteiger partial charge in [0.25, 0.3) is 0 Å². The number of hydrogen-bond donors (Lipinski definition) is 2. The SMILES string of the molecule is CC(C(=O)Nc1nnc(-c2cccc(Cl)c2)s1)C1CNC1.Cl. The van der Waals surface area contributed by atoms with E-state index in [-0.39, 0.29) is 24.2 Å². The van der Waals surface area contributed by atoms with E-state index in [0.29, 0.717) is 16.1 Å². The fraction of sp³-hybridized carbons (Fsp3) is 0.357. The highest BCUT2D eigenvalue weighted by molar-refractivity contribution is 7.18. The van der Waals surface area contributed by atoms with Gasteiger partial charge in [-0.15, -0.1) is 22.6 Å². The van der Waals surface area contributed by atoms with Crippen molar-refractivity contribution in [3.05, 3.63) is 29.3 Å². The molecule has 118 valence electrons. The minimum absolute atomic E-state index is 0. The van der Waals surface area contributed by atoms with Crippen LogP contribution < -0.4 is 10.6 Å². The average Bonchev–Trinajstić information content (AvgIpc) is 2.85. The molecule has 2 aromatic rings. The number of benzene rings is 1. The second kappa shape index (κ2) is 7.37. The monoisotopic (exact) mass is 358 g/mol. The summed E-state index contributed by atoms with van der Waals surface area (Å²) in [5.41, 5.74) is 0.900. The van der Waals surface area contributed by atoms with E-state index in [1.165, 1.54) is 11.3 Å². The highest BCUT2D eigenvalue weighted by Gasteiger charge is 2.29. The van der Waals surface area contributed by atoms with Gasteiger partial charge in [0.1, 0.15) is 5.01 Å². The lowest BCUT2D eigenvalue weighted by molar-refractivity contribution is -0.121. The first-order valence-electron chi connectivity index (χ1n) is 6.74. The lowest BCUT2D eigenvalue weighted by Gasteiger charge is -2.31. The van der Waals surface area contributed by atoms with Crippen LogP contribution >= 0.6 is 35.3 Å². The van der Waals surface area contributed by atoms with Crippen LogP contribution in [0.15, 0.2) is 24.3 Å². The number of carbonyl (C=O) groups excluding carboxylic acids is 1. The summed E-state index contributed by atoms with van der Waals surface area (Å²) >= 11 is 7.31. The van der Waals surface area contributed by atoms with Crippen LogP contribution in [0.5, 0.6) is 0 Å². The molecule has 1 aliphatic rings. The van der Waals surface area contributed by atoms with Crippen molar-refractivity contribution >= 4 is 46.4 Å². The Kier molecular flexibility index (Phi) is 5.74. The van der Waals surface area contributed by atoms with Gasteiger partial charge in [0.05, 0.1) is 0 Å². The van der Waals surface area contributed by atoms with Crippen LogP contribution in [0.3, 0.4) is 0 Å². The summed E-state index contributed by atoms with van der Waals surface area (Å²) in [6.45, 7) is 3.75. The molecule has 2 heterocycles. The van der Waals surface area contributed by atoms with E-state index in [1.54, 1.807) is 0 Å². The third-order valence-corrected chi connectivity index (χ3v) is 4.78. The first-order valence-corrected chi connectivity index (χ1v) is 7.94. The van der Waals surface area contributed by atoms with Gasteiger partial charge < -0.3 is 10.6 Å². The predicted molar refractivity (Wildman–Crippen MR) is 91.8 cm³/mol. The summed E-state index contributed by atoms with van der Waals surface area (Å²) in [7, 11) is 0. The molecule has 1 aromatic carbocycles. The summed E-state index contributed by atoms with van der Waals surface area (Å²) in [6.07, 6.45) is 0. The van der Waals surface area contributed by atoms with Crippen molar-refractivity contribution in [3.63, 3.8) is 0 Å². The van der Waals surface area contributed by atoms with Crippen LogP contribution in [0.2, 0.25) is 5.02 Å². The number of halogens is 2. The Morgan fingerprint density at radius 2 is 2.23 bits per heavy atom. The van der Waals surface area contributed by atoms with Crippen molar-refractivity contribution in [2.75, 3.05) is 18.4 Å². The molecule has 0 bridgehead atoms. The van der Waals surface area contributed by atoms with Gasteiger partial charge in [-0.3, -0.25) is 4.79 Å². The highest BCUT2D eigenvalue weighted by Crippen LogP contribution is 2.28. The van der Waals surface area contributed by atoms with Crippen LogP contribution in [0.25, 0.3) is 10.6 Å². The zero-order valence-corrected chi connectivity index (χ0v) is 14.3. The van der Waals surface area contributed by atoms with Gasteiger partial charge in [-0.2, -0.15) is 0 Å². The maximum Gasteiger partial charge on any atom is 0.229 e. The molecule has 22 heavy (non-hydrogen) atoms. The van der Waals surface area contributed by atoms with Gasteiger partial charge >= 0.3 is 0 Å². The molecule has 1 fully saturated rings. The lowest BCUT2D eigenvalue weighted by Crippen LogP contribution is -2.48. The number of aromatic nitrogens is 2. The molecule has 2 N–H and O–H groups in total. The number of carbonyl (C=O) groups is 1. The first kappa shape index (κ1) is 17.1. The summed E-state index contributed by atoms with van der Waals surface area (Å²) in [6, 6.07) is 7.42. The molecule has 1 aromatic heterocycles. The second-order valence-corrected chi connectivity index (χ2v) is 6.53. The van der Waals surface area contributed by atoms with E-state index in [4.69, 9.17) is 11.6 Å². The predicted octanol–water partition coefficient (Wildman–Crippen LogP) is 3.07. The standard InChI is InChI=1S/C14H15ClN4OS.ClH/c1-8(10-6-16-7-10)12(20)17-14-19-18-13(21-14)9-3-2-4-11(15)5-9;/h2-5,8,10,16H,6-7H2,1H3,(H,17,19,20);1H. The van der Waals surface area contributed by atoms with Crippen LogP contribution in [-0.4, -0.2) is 29.2 Å². The van der Waals surface area contributed by atoms with Crippen molar-refractivity contribution in [2.45, 2.75) is 6.92 Å². The fourth-order valence-corrected chi connectivity index (χ4v) is 3.04. The molecule has 0 saturated carbocycles. The van der Waals surface area contributed by atoms with Gasteiger partial charge in [0.2, 0.25) is 11.0 Å². The van der Waals surface area contributed by atoms with E-state index in [2.05, 4.69) is 20.8 Å². The smallest absolute Gasteiger partial charge is 0.229 e. The Morgan fingerprint density at radius 3 is 2.86 bits per heavy atom. The van der Waals surface area contributed by atoms with Crippen molar-refractivity contribution in [3.8, 4) is 10.6 Å². The molecule has 0 spiro atoms. The van der Waals surface area contributed by atoms with E-state index in [9.17, 15) is 4.79 Å². The molecule has 1 aliphatic heterocycles. The van der Waals surface area contributed by atoms with Gasteiger partial charge in [-0.25, -0.2) is 0 Å². The van der Waals surface area contributed by atoms with Crippen molar-refractivity contribution in [1.29, 1.82) is 0 Å². The maximum atomic E-state index is 12.1. The van der Waals surface area contributed by atoms with Gasteiger partial charge in [-0.05, 0) is 31.1 Å². The zero-order valence-electron chi connectivity index (χ0n) is 11.9. The van der Waals surface area contributed by atoms with E-state index in [1.807, 2.05) is 31.2 Å². The summed E-state index contributed by atoms with van der Waals surface area (Å²) < 4.78 is 0. The van der Waals surface area contributed by atoms with Crippen molar-refractivity contribution in [2.24, 2.45) is 11.8 Å². The van der Waals surface area contributed by atoms with Crippen LogP contribution in [0.1, 0.15) is 6.92 Å². The Bertz CT molecular complexity index is 660. The molecule has 5 nitrogen and oxygen atoms in total. The van der Waals surface area contributed by atoms with Crippen LogP contribution in [0, 0.1) is 11.8 Å². The van der Waals surface area contributed by atoms with Gasteiger partial charge in [0, 0.05) is 16.5 Å². The Hall–Kier alpha value is -1.21. The zero-order chi connectivity index (χ0) is 14.8. The van der Waals surface area contributed by atoms with E-state index < -0.39 is 0 Å². The number of amides is 1. The van der Waals surface area contributed by atoms with Gasteiger partial charge in [-0.1, -0.05) is 42.0 Å². The van der Waals surface area contributed by atoms with Crippen molar-refractivity contribution < 1.29 is 4.79 Å². The highest BCUT2D eigenvalue weighted by atomic mass is 35.5. The average molecular weight is 359 g/mol. The number of hydrogen-bond acceptors (Lipinski definition) is 5. The Labute approximate surface area is 143 Å². The quantitative estimate of drug-likeness (QED) is 0.881. The number of anilines is 1. The topological polar surface area (TPSA) is 66.9 Å². The molecule has 1 unspecified atom stereocenters. The summed E-state index contributed by atoms with van der Waals surface area (Å²) in [4.78, 5) is 12.1. The molecule has 8 heteroatoms. The Morgan fingerprint density at radius 1 is 1.45 bits per heavy atom. The number of nitrogens with zero attached hydrogens (tertiary/aromatic N) is 2. The maximum absolute atomic E-state index is 12.1. The van der Waals surface area contributed by atoms with E-state index in [0.717, 1.165) is 23.7 Å². The third-order valence-electron chi connectivity index (χ3n) is 3.66. The first-order chi connectivity index (χ1) is 10.1. The molecule has 0 radical (unpaired) electrons. The molecular formula is C14H16Cl2N4OS. The minimum Gasteiger partial charge on any atom is -0.316 e.